The number of carbonyl (C=O) groups is 1. The number of primary amides is 1. The highest BCUT2D eigenvalue weighted by Crippen LogP contribution is 2.32. The second-order valence-electron chi connectivity index (χ2n) is 8.46. The van der Waals surface area contributed by atoms with Gasteiger partial charge in [0.2, 0.25) is 5.91 Å². The van der Waals surface area contributed by atoms with E-state index in [0.717, 1.165) is 5.56 Å². The first-order chi connectivity index (χ1) is 14.2. The average molecular weight is 406 g/mol. The molecule has 0 radical (unpaired) electrons. The van der Waals surface area contributed by atoms with E-state index in [9.17, 15) is 14.4 Å². The number of rotatable bonds is 8. The molecule has 2 aromatic carbocycles. The fourth-order valence-corrected chi connectivity index (χ4v) is 3.56. The summed E-state index contributed by atoms with van der Waals surface area (Å²) in [6.07, 6.45) is 3.60. The third-order valence-corrected chi connectivity index (χ3v) is 5.14. The average Bonchev–Trinajstić information content (AvgIpc) is 2.72. The molecule has 4 N–H and O–H groups in total. The number of nitrogens with two attached hydrogens (primary N) is 1. The van der Waals surface area contributed by atoms with Crippen molar-refractivity contribution in [3.8, 4) is 0 Å². The lowest BCUT2D eigenvalue weighted by atomic mass is 9.76. The van der Waals surface area contributed by atoms with Crippen LogP contribution in [0, 0.1) is 11.3 Å². The number of hydrogen-bond donors (Lipinski definition) is 3. The maximum Gasteiger partial charge on any atom is 0.253 e. The van der Waals surface area contributed by atoms with Crippen molar-refractivity contribution in [3.63, 3.8) is 0 Å². The van der Waals surface area contributed by atoms with E-state index >= 15 is 0 Å². The molecular weight excluding hydrogens is 380 g/mol. The van der Waals surface area contributed by atoms with Crippen LogP contribution in [0.1, 0.15) is 26.3 Å². The summed E-state index contributed by atoms with van der Waals surface area (Å²) in [7, 11) is 0. The standard InChI is InChI=1S/C23H26N4O3/c1-23(2,3)21(16(22(24)30)12-14-8-5-4-6-9-14)27-18-17(19(28)20(18)29)26-15-10-7-11-25-13-15/h4-11,13,16,21,26-27H,12H2,1-3H3,(H2,24,30). The predicted octanol–water partition coefficient (Wildman–Crippen LogP) is 2.59. The van der Waals surface area contributed by atoms with E-state index in [1.54, 1.807) is 24.5 Å². The summed E-state index contributed by atoms with van der Waals surface area (Å²) in [6, 6.07) is 12.6. The van der Waals surface area contributed by atoms with Crippen LogP contribution in [0.15, 0.2) is 64.4 Å². The van der Waals surface area contributed by atoms with Gasteiger partial charge in [-0.05, 0) is 29.5 Å². The Morgan fingerprint density at radius 2 is 1.70 bits per heavy atom. The number of nitrogens with one attached hydrogen (secondary N) is 2. The monoisotopic (exact) mass is 406 g/mol. The minimum absolute atomic E-state index is 0.170. The molecule has 30 heavy (non-hydrogen) atoms. The van der Waals surface area contributed by atoms with Crippen molar-refractivity contribution in [1.82, 2.24) is 4.98 Å². The molecule has 0 fully saturated rings. The van der Waals surface area contributed by atoms with E-state index in [1.807, 2.05) is 51.1 Å². The molecule has 1 amide bonds. The molecular formula is C23H26N4O3. The molecule has 1 aromatic heterocycles. The largest absolute Gasteiger partial charge is 0.376 e. The lowest BCUT2D eigenvalue weighted by molar-refractivity contribution is -0.123. The molecule has 0 saturated heterocycles. The van der Waals surface area contributed by atoms with Crippen molar-refractivity contribution in [2.45, 2.75) is 33.2 Å². The summed E-state index contributed by atoms with van der Waals surface area (Å²) in [5, 5.41) is 6.12. The predicted molar refractivity (Wildman–Crippen MR) is 119 cm³/mol. The number of amides is 1. The van der Waals surface area contributed by atoms with Crippen molar-refractivity contribution < 1.29 is 4.79 Å². The molecule has 2 unspecified atom stereocenters. The molecule has 7 heteroatoms. The van der Waals surface area contributed by atoms with Crippen molar-refractivity contribution in [2.75, 3.05) is 10.6 Å². The fourth-order valence-electron chi connectivity index (χ4n) is 3.56. The van der Waals surface area contributed by atoms with Crippen LogP contribution in [0.25, 0.3) is 0 Å². The fraction of sp³-hybridized carbons (Fsp3) is 0.304. The number of aromatic nitrogens is 1. The lowest BCUT2D eigenvalue weighted by Crippen LogP contribution is -2.50. The SMILES string of the molecule is CC(C)(C)C(Nc1c(Nc2cccnc2)c(=O)c1=O)C(Cc1ccccc1)C(N)=O. The van der Waals surface area contributed by atoms with E-state index in [1.165, 1.54) is 0 Å². The van der Waals surface area contributed by atoms with Gasteiger partial charge in [0.1, 0.15) is 11.4 Å². The summed E-state index contributed by atoms with van der Waals surface area (Å²) in [4.78, 5) is 40.9. The van der Waals surface area contributed by atoms with Crippen molar-refractivity contribution in [1.29, 1.82) is 0 Å². The lowest BCUT2D eigenvalue weighted by Gasteiger charge is -2.37. The van der Waals surface area contributed by atoms with E-state index in [4.69, 9.17) is 5.73 Å². The third-order valence-electron chi connectivity index (χ3n) is 5.14. The van der Waals surface area contributed by atoms with Crippen molar-refractivity contribution >= 4 is 23.0 Å². The summed E-state index contributed by atoms with van der Waals surface area (Å²) in [5.74, 6) is -1.05. The highest BCUT2D eigenvalue weighted by molar-refractivity contribution is 5.81. The molecule has 0 bridgehead atoms. The smallest absolute Gasteiger partial charge is 0.253 e. The van der Waals surface area contributed by atoms with Crippen molar-refractivity contribution in [2.24, 2.45) is 17.1 Å². The molecule has 0 aliphatic rings. The molecule has 0 aliphatic heterocycles. The summed E-state index contributed by atoms with van der Waals surface area (Å²) >= 11 is 0. The zero-order valence-corrected chi connectivity index (χ0v) is 17.3. The number of nitrogens with zero attached hydrogens (tertiary/aromatic N) is 1. The molecule has 0 aliphatic carbocycles. The van der Waals surface area contributed by atoms with Gasteiger partial charge >= 0.3 is 0 Å². The van der Waals surface area contributed by atoms with Crippen LogP contribution in [-0.2, 0) is 11.2 Å². The van der Waals surface area contributed by atoms with Gasteiger partial charge in [-0.25, -0.2) is 0 Å². The maximum absolute atomic E-state index is 12.4. The Balaban J connectivity index is 1.92. The van der Waals surface area contributed by atoms with Crippen LogP contribution in [-0.4, -0.2) is 16.9 Å². The second kappa shape index (κ2) is 8.49. The Labute approximate surface area is 175 Å². The van der Waals surface area contributed by atoms with Crippen LogP contribution < -0.4 is 27.2 Å². The van der Waals surface area contributed by atoms with Gasteiger partial charge in [0.05, 0.1) is 17.8 Å². The minimum atomic E-state index is -0.612. The van der Waals surface area contributed by atoms with Crippen LogP contribution in [0.4, 0.5) is 17.1 Å². The van der Waals surface area contributed by atoms with Crippen molar-refractivity contribution in [3.05, 3.63) is 80.9 Å². The number of benzene rings is 1. The van der Waals surface area contributed by atoms with Gasteiger partial charge in [-0.2, -0.15) is 0 Å². The summed E-state index contributed by atoms with van der Waals surface area (Å²) in [5.41, 5.74) is 6.04. The minimum Gasteiger partial charge on any atom is -0.376 e. The number of anilines is 3. The Bertz CT molecular complexity index is 1080. The molecule has 1 heterocycles. The van der Waals surface area contributed by atoms with Gasteiger partial charge in [-0.1, -0.05) is 51.1 Å². The van der Waals surface area contributed by atoms with Crippen LogP contribution >= 0.6 is 0 Å². The molecule has 0 spiro atoms. The molecule has 0 saturated carbocycles. The highest BCUT2D eigenvalue weighted by atomic mass is 16.2. The van der Waals surface area contributed by atoms with E-state index < -0.39 is 34.1 Å². The van der Waals surface area contributed by atoms with Gasteiger partial charge in [-0.3, -0.25) is 19.4 Å². The van der Waals surface area contributed by atoms with E-state index in [2.05, 4.69) is 15.6 Å². The Hall–Kier alpha value is -3.48. The Morgan fingerprint density at radius 3 is 2.27 bits per heavy atom. The van der Waals surface area contributed by atoms with Crippen LogP contribution in [0.2, 0.25) is 0 Å². The first-order valence-electron chi connectivity index (χ1n) is 9.78. The van der Waals surface area contributed by atoms with Crippen LogP contribution in [0.3, 0.4) is 0 Å². The Morgan fingerprint density at radius 1 is 1.03 bits per heavy atom. The first-order valence-corrected chi connectivity index (χ1v) is 9.78. The zero-order chi connectivity index (χ0) is 21.9. The summed E-state index contributed by atoms with van der Waals surface area (Å²) < 4.78 is 0. The van der Waals surface area contributed by atoms with Gasteiger partial charge < -0.3 is 16.4 Å². The Kier molecular flexibility index (Phi) is 6.01. The summed E-state index contributed by atoms with van der Waals surface area (Å²) in [6.45, 7) is 5.89. The molecule has 156 valence electrons. The molecule has 7 nitrogen and oxygen atoms in total. The zero-order valence-electron chi connectivity index (χ0n) is 17.3. The van der Waals surface area contributed by atoms with Gasteiger partial charge in [0.15, 0.2) is 0 Å². The van der Waals surface area contributed by atoms with E-state index in [-0.39, 0.29) is 11.4 Å². The van der Waals surface area contributed by atoms with Gasteiger partial charge in [0.25, 0.3) is 10.9 Å². The highest BCUT2D eigenvalue weighted by Gasteiger charge is 2.38. The molecule has 2 atom stereocenters. The maximum atomic E-state index is 12.4. The van der Waals surface area contributed by atoms with Gasteiger partial charge in [0, 0.05) is 12.2 Å². The quantitative estimate of drug-likeness (QED) is 0.496. The number of pyridine rings is 1. The number of carbonyl (C=O) groups excluding carboxylic acids is 1. The third kappa shape index (κ3) is 4.56. The van der Waals surface area contributed by atoms with Gasteiger partial charge in [-0.15, -0.1) is 0 Å². The van der Waals surface area contributed by atoms with Crippen LogP contribution in [0.5, 0.6) is 0 Å². The first kappa shape index (κ1) is 21.2. The molecule has 3 rings (SSSR count). The molecule has 3 aromatic rings. The van der Waals surface area contributed by atoms with E-state index in [0.29, 0.717) is 12.1 Å². The second-order valence-corrected chi connectivity index (χ2v) is 8.46. The normalized spacial score (nSPS) is 13.6. The number of hydrogen-bond acceptors (Lipinski definition) is 6. The topological polar surface area (TPSA) is 114 Å².